The topological polar surface area (TPSA) is 177 Å². The molecule has 0 spiro atoms. The lowest BCUT2D eigenvalue weighted by Crippen LogP contribution is -2.42. The molecule has 6 N–H and O–H groups in total. The number of anilines is 1. The van der Waals surface area contributed by atoms with Gasteiger partial charge in [0.15, 0.2) is 0 Å². The van der Waals surface area contributed by atoms with Gasteiger partial charge in [0.2, 0.25) is 5.91 Å². The fraction of sp³-hybridized carbons (Fsp3) is 0.321. The summed E-state index contributed by atoms with van der Waals surface area (Å²) in [5, 5.41) is 24.5. The third-order valence-corrected chi connectivity index (χ3v) is 5.98. The van der Waals surface area contributed by atoms with Gasteiger partial charge < -0.3 is 26.6 Å². The molecule has 0 saturated heterocycles. The minimum atomic E-state index is -5.08. The number of rotatable bonds is 6. The molecule has 1 aliphatic rings. The van der Waals surface area contributed by atoms with E-state index in [4.69, 9.17) is 25.5 Å². The largest absolute Gasteiger partial charge is 0.490 e. The zero-order chi connectivity index (χ0) is 33.8. The van der Waals surface area contributed by atoms with Crippen LogP contribution < -0.4 is 16.4 Å². The van der Waals surface area contributed by atoms with Crippen molar-refractivity contribution in [2.24, 2.45) is 5.73 Å². The van der Waals surface area contributed by atoms with Gasteiger partial charge in [-0.25, -0.2) is 14.3 Å². The van der Waals surface area contributed by atoms with Gasteiger partial charge in [-0.2, -0.15) is 31.4 Å². The van der Waals surface area contributed by atoms with Crippen molar-refractivity contribution in [1.82, 2.24) is 15.1 Å². The molecule has 2 amide bonds. The van der Waals surface area contributed by atoms with Crippen LogP contribution in [0.3, 0.4) is 0 Å². The highest BCUT2D eigenvalue weighted by molar-refractivity contribution is 5.95. The molecule has 1 fully saturated rings. The maximum absolute atomic E-state index is 12.7. The molecule has 0 bridgehead atoms. The summed E-state index contributed by atoms with van der Waals surface area (Å²) >= 11 is 0. The minimum Gasteiger partial charge on any atom is -0.475 e. The van der Waals surface area contributed by atoms with Gasteiger partial charge >= 0.3 is 24.3 Å². The molecular weight excluding hydrogens is 616 g/mol. The Morgan fingerprint density at radius 1 is 0.911 bits per heavy atom. The number of nitrogens with zero attached hydrogens (tertiary/aromatic N) is 2. The van der Waals surface area contributed by atoms with Crippen molar-refractivity contribution in [3.8, 4) is 5.69 Å². The molecule has 244 valence electrons. The maximum Gasteiger partial charge on any atom is 0.490 e. The average molecular weight is 646 g/mol. The molecule has 3 aromatic rings. The van der Waals surface area contributed by atoms with Crippen LogP contribution in [0.4, 0.5) is 32.0 Å². The van der Waals surface area contributed by atoms with Gasteiger partial charge in [0, 0.05) is 17.6 Å². The van der Waals surface area contributed by atoms with Crippen LogP contribution in [-0.2, 0) is 20.8 Å². The Balaban J connectivity index is 0.000000421. The summed E-state index contributed by atoms with van der Waals surface area (Å²) in [5.74, 6) is -5.73. The number of nitrogens with one attached hydrogen (secondary N) is 2. The average Bonchev–Trinajstić information content (AvgIpc) is 3.41. The summed E-state index contributed by atoms with van der Waals surface area (Å²) in [6.45, 7) is 0. The van der Waals surface area contributed by atoms with Gasteiger partial charge in [0.05, 0.1) is 30.2 Å². The van der Waals surface area contributed by atoms with E-state index in [9.17, 15) is 35.9 Å². The molecule has 0 radical (unpaired) electrons. The van der Waals surface area contributed by atoms with E-state index in [1.807, 2.05) is 42.5 Å². The monoisotopic (exact) mass is 645 g/mol. The Hall–Kier alpha value is -4.93. The summed E-state index contributed by atoms with van der Waals surface area (Å²) < 4.78 is 65.1. The molecule has 4 rings (SSSR count). The van der Waals surface area contributed by atoms with Crippen molar-refractivity contribution < 1.29 is 55.7 Å². The second-order valence-corrected chi connectivity index (χ2v) is 9.64. The van der Waals surface area contributed by atoms with Crippen LogP contribution in [0.15, 0.2) is 67.0 Å². The van der Waals surface area contributed by atoms with Crippen LogP contribution in [0.1, 0.15) is 41.6 Å². The van der Waals surface area contributed by atoms with E-state index in [-0.39, 0.29) is 23.9 Å². The van der Waals surface area contributed by atoms with Crippen LogP contribution >= 0.6 is 0 Å². The van der Waals surface area contributed by atoms with E-state index in [1.165, 1.54) is 0 Å². The van der Waals surface area contributed by atoms with E-state index >= 15 is 0 Å². The molecule has 0 unspecified atom stereocenters. The van der Waals surface area contributed by atoms with Crippen molar-refractivity contribution in [2.45, 2.75) is 56.5 Å². The highest BCUT2D eigenvalue weighted by Gasteiger charge is 2.38. The summed E-state index contributed by atoms with van der Waals surface area (Å²) in [6, 6.07) is 17.1. The smallest absolute Gasteiger partial charge is 0.475 e. The third-order valence-electron chi connectivity index (χ3n) is 5.98. The van der Waals surface area contributed by atoms with E-state index in [1.54, 1.807) is 29.2 Å². The SMILES string of the molecule is N[C@H]1CCC[C@@H](NC(=O)c2cccc(-n3cc(NC(=O)Cc4ccccc4)cn3)c2)C1.O=C(O)C(F)(F)F.O=C(O)C(F)(F)F. The lowest BCUT2D eigenvalue weighted by molar-refractivity contribution is -0.193. The fourth-order valence-electron chi connectivity index (χ4n) is 3.93. The van der Waals surface area contributed by atoms with E-state index in [0.717, 1.165) is 36.9 Å². The number of carboxylic acid groups (broad SMARTS) is 2. The predicted molar refractivity (Wildman–Crippen MR) is 147 cm³/mol. The highest BCUT2D eigenvalue weighted by Crippen LogP contribution is 2.19. The van der Waals surface area contributed by atoms with Gasteiger partial charge in [0.1, 0.15) is 0 Å². The van der Waals surface area contributed by atoms with E-state index < -0.39 is 24.3 Å². The van der Waals surface area contributed by atoms with Crippen molar-refractivity contribution in [3.05, 3.63) is 78.1 Å². The Kier molecular flexibility index (Phi) is 13.1. The molecule has 1 aliphatic carbocycles. The van der Waals surface area contributed by atoms with Crippen LogP contribution in [0.2, 0.25) is 0 Å². The number of aliphatic carboxylic acids is 2. The number of carbonyl (C=O) groups excluding carboxylic acids is 2. The summed E-state index contributed by atoms with van der Waals surface area (Å²) in [6.07, 6.45) is -2.70. The normalized spacial score (nSPS) is 16.2. The van der Waals surface area contributed by atoms with Gasteiger partial charge in [0.25, 0.3) is 5.91 Å². The number of nitrogens with two attached hydrogens (primary N) is 1. The third kappa shape index (κ3) is 13.1. The minimum absolute atomic E-state index is 0.107. The van der Waals surface area contributed by atoms with Crippen LogP contribution in [-0.4, -0.2) is 68.2 Å². The summed E-state index contributed by atoms with van der Waals surface area (Å²) in [4.78, 5) is 42.8. The Morgan fingerprint density at radius 3 is 2.07 bits per heavy atom. The number of benzene rings is 2. The number of aromatic nitrogens is 2. The number of amides is 2. The zero-order valence-electron chi connectivity index (χ0n) is 23.3. The lowest BCUT2D eigenvalue weighted by Gasteiger charge is -2.27. The molecule has 0 aliphatic heterocycles. The maximum atomic E-state index is 12.7. The van der Waals surface area contributed by atoms with E-state index in [0.29, 0.717) is 17.7 Å². The van der Waals surface area contributed by atoms with Crippen molar-refractivity contribution in [2.75, 3.05) is 5.32 Å². The number of hydrogen-bond donors (Lipinski definition) is 5. The van der Waals surface area contributed by atoms with Crippen molar-refractivity contribution in [3.63, 3.8) is 0 Å². The molecule has 2 atom stereocenters. The Morgan fingerprint density at radius 2 is 1.51 bits per heavy atom. The van der Waals surface area contributed by atoms with Crippen LogP contribution in [0, 0.1) is 0 Å². The predicted octanol–water partition coefficient (Wildman–Crippen LogP) is 4.32. The molecule has 45 heavy (non-hydrogen) atoms. The molecule has 1 aromatic heterocycles. The number of carbonyl (C=O) groups is 4. The lowest BCUT2D eigenvalue weighted by atomic mass is 9.91. The second-order valence-electron chi connectivity index (χ2n) is 9.64. The van der Waals surface area contributed by atoms with Crippen LogP contribution in [0.25, 0.3) is 5.69 Å². The summed E-state index contributed by atoms with van der Waals surface area (Å²) in [5.41, 5.74) is 8.90. The van der Waals surface area contributed by atoms with Crippen LogP contribution in [0.5, 0.6) is 0 Å². The first-order valence-electron chi connectivity index (χ1n) is 13.1. The second kappa shape index (κ2) is 16.2. The van der Waals surface area contributed by atoms with Gasteiger partial charge in [-0.05, 0) is 49.4 Å². The molecule has 11 nitrogen and oxygen atoms in total. The number of halogens is 6. The first-order chi connectivity index (χ1) is 21.0. The fourth-order valence-corrected chi connectivity index (χ4v) is 3.93. The van der Waals surface area contributed by atoms with E-state index in [2.05, 4.69) is 15.7 Å². The molecular formula is C28H29F6N5O6. The standard InChI is InChI=1S/C24H27N5O2.2C2HF3O2/c25-19-9-5-10-20(14-19)28-24(31)18-8-4-11-22(13-18)29-16-21(15-26-29)27-23(30)12-17-6-2-1-3-7-17;2*3-2(4,5)1(6)7/h1-4,6-8,11,13,15-16,19-20H,5,9-10,12,14,25H2,(H,27,30)(H,28,31);2*(H,6,7)/t19-,20+;;/m0../s1. The van der Waals surface area contributed by atoms with Gasteiger partial charge in [-0.15, -0.1) is 0 Å². The number of carboxylic acids is 2. The molecule has 1 heterocycles. The first-order valence-corrected chi connectivity index (χ1v) is 13.1. The van der Waals surface area contributed by atoms with Gasteiger partial charge in [-0.3, -0.25) is 9.59 Å². The van der Waals surface area contributed by atoms with Crippen molar-refractivity contribution >= 4 is 29.4 Å². The first kappa shape index (κ1) is 36.3. The highest BCUT2D eigenvalue weighted by atomic mass is 19.4. The number of hydrogen-bond acceptors (Lipinski definition) is 6. The molecule has 1 saturated carbocycles. The molecule has 2 aromatic carbocycles. The quantitative estimate of drug-likeness (QED) is 0.246. The Labute approximate surface area is 252 Å². The van der Waals surface area contributed by atoms with Gasteiger partial charge in [-0.1, -0.05) is 36.4 Å². The number of alkyl halides is 6. The summed E-state index contributed by atoms with van der Waals surface area (Å²) in [7, 11) is 0. The Bertz CT molecular complexity index is 1420. The molecule has 17 heteroatoms. The zero-order valence-corrected chi connectivity index (χ0v) is 23.3. The van der Waals surface area contributed by atoms with Crippen molar-refractivity contribution in [1.29, 1.82) is 0 Å².